The molecule has 0 amide bonds. The van der Waals surface area contributed by atoms with Crippen molar-refractivity contribution < 1.29 is 0 Å². The highest BCUT2D eigenvalue weighted by atomic mass is 32.1. The minimum atomic E-state index is 0.446. The Bertz CT molecular complexity index is 696. The highest BCUT2D eigenvalue weighted by Crippen LogP contribution is 2.33. The summed E-state index contributed by atoms with van der Waals surface area (Å²) in [5.41, 5.74) is 8.65. The second-order valence-electron chi connectivity index (χ2n) is 4.57. The second kappa shape index (κ2) is 4.10. The Morgan fingerprint density at radius 2 is 2.17 bits per heavy atom. The number of hydrogen-bond acceptors (Lipinski definition) is 4. The van der Waals surface area contributed by atoms with Gasteiger partial charge in [0.05, 0.1) is 20.9 Å². The molecule has 0 aliphatic carbocycles. The summed E-state index contributed by atoms with van der Waals surface area (Å²) in [5.74, 6) is 0.948. The third-order valence-corrected chi connectivity index (χ3v) is 4.14. The van der Waals surface area contributed by atoms with E-state index in [1.165, 1.54) is 4.70 Å². The fourth-order valence-corrected chi connectivity index (χ4v) is 2.90. The molecule has 3 N–H and O–H groups in total. The molecule has 3 rings (SSSR count). The van der Waals surface area contributed by atoms with E-state index in [2.05, 4.69) is 30.1 Å². The minimum Gasteiger partial charge on any atom is -0.382 e. The van der Waals surface area contributed by atoms with Crippen molar-refractivity contribution in [2.24, 2.45) is 0 Å². The molecule has 0 fully saturated rings. The van der Waals surface area contributed by atoms with E-state index in [9.17, 15) is 0 Å². The number of hydrogen-bond donors (Lipinski definition) is 2. The van der Waals surface area contributed by atoms with Crippen LogP contribution in [0.2, 0.25) is 0 Å². The molecule has 1 aromatic carbocycles. The first-order chi connectivity index (χ1) is 8.65. The van der Waals surface area contributed by atoms with Gasteiger partial charge in [-0.05, 0) is 6.07 Å². The first-order valence-corrected chi connectivity index (χ1v) is 6.67. The number of aromatic amines is 1. The van der Waals surface area contributed by atoms with Gasteiger partial charge in [0, 0.05) is 17.5 Å². The number of benzene rings is 1. The lowest BCUT2D eigenvalue weighted by Crippen LogP contribution is -1.85. The van der Waals surface area contributed by atoms with Crippen LogP contribution in [-0.2, 0) is 0 Å². The number of nitrogens with one attached hydrogen (secondary N) is 1. The molecule has 92 valence electrons. The van der Waals surface area contributed by atoms with Crippen molar-refractivity contribution in [2.45, 2.75) is 19.8 Å². The summed E-state index contributed by atoms with van der Waals surface area (Å²) in [6, 6.07) is 8.02. The van der Waals surface area contributed by atoms with Crippen LogP contribution in [0.5, 0.6) is 0 Å². The van der Waals surface area contributed by atoms with Crippen LogP contribution in [0.25, 0.3) is 21.5 Å². The maximum atomic E-state index is 5.65. The van der Waals surface area contributed by atoms with Gasteiger partial charge >= 0.3 is 0 Å². The third-order valence-electron chi connectivity index (χ3n) is 2.82. The van der Waals surface area contributed by atoms with Crippen LogP contribution in [-0.4, -0.2) is 15.2 Å². The van der Waals surface area contributed by atoms with Crippen molar-refractivity contribution in [3.63, 3.8) is 0 Å². The van der Waals surface area contributed by atoms with E-state index in [0.29, 0.717) is 11.7 Å². The average molecular weight is 258 g/mol. The Morgan fingerprint density at radius 3 is 2.83 bits per heavy atom. The number of nitrogens with zero attached hydrogens (tertiary/aromatic N) is 2. The zero-order valence-electron chi connectivity index (χ0n) is 10.3. The van der Waals surface area contributed by atoms with Gasteiger partial charge in [-0.2, -0.15) is 5.10 Å². The minimum absolute atomic E-state index is 0.446. The van der Waals surface area contributed by atoms with Crippen molar-refractivity contribution in [3.8, 4) is 11.3 Å². The molecule has 0 aliphatic heterocycles. The van der Waals surface area contributed by atoms with Crippen molar-refractivity contribution in [2.75, 3.05) is 5.73 Å². The van der Waals surface area contributed by atoms with Crippen LogP contribution in [0.3, 0.4) is 0 Å². The van der Waals surface area contributed by atoms with Crippen LogP contribution < -0.4 is 5.73 Å². The van der Waals surface area contributed by atoms with E-state index in [1.807, 2.05) is 18.2 Å². The molecule has 0 bridgehead atoms. The standard InChI is InChI=1S/C13H14N4S/c1-7(2)13-15-12-8(4-3-5-10(12)18-13)9-6-11(14)17-16-9/h3-7H,1-2H3,(H3,14,16,17). The molecule has 3 aromatic rings. The lowest BCUT2D eigenvalue weighted by Gasteiger charge is -1.98. The Hall–Kier alpha value is -1.88. The molecule has 18 heavy (non-hydrogen) atoms. The van der Waals surface area contributed by atoms with Crippen LogP contribution in [0, 0.1) is 0 Å². The first-order valence-electron chi connectivity index (χ1n) is 5.86. The molecule has 5 heteroatoms. The molecule has 2 aromatic heterocycles. The lowest BCUT2D eigenvalue weighted by molar-refractivity contribution is 0.857. The molecule has 0 saturated carbocycles. The second-order valence-corrected chi connectivity index (χ2v) is 5.63. The van der Waals surface area contributed by atoms with E-state index in [1.54, 1.807) is 11.3 Å². The van der Waals surface area contributed by atoms with Gasteiger partial charge in [0.1, 0.15) is 5.82 Å². The van der Waals surface area contributed by atoms with Crippen LogP contribution in [0.1, 0.15) is 24.8 Å². The SMILES string of the molecule is CC(C)c1nc2c(-c3cc(N)n[nH]3)cccc2s1. The predicted octanol–water partition coefficient (Wildman–Crippen LogP) is 3.39. The van der Waals surface area contributed by atoms with Gasteiger partial charge in [-0.1, -0.05) is 26.0 Å². The summed E-state index contributed by atoms with van der Waals surface area (Å²) < 4.78 is 1.20. The summed E-state index contributed by atoms with van der Waals surface area (Å²) in [6.45, 7) is 4.32. The van der Waals surface area contributed by atoms with Gasteiger partial charge in [0.15, 0.2) is 0 Å². The lowest BCUT2D eigenvalue weighted by atomic mass is 10.1. The molecule has 0 unspecified atom stereocenters. The Kier molecular flexibility index (Phi) is 2.56. The maximum absolute atomic E-state index is 5.65. The first kappa shape index (κ1) is 11.2. The van der Waals surface area contributed by atoms with Crippen molar-refractivity contribution in [1.29, 1.82) is 0 Å². The van der Waals surface area contributed by atoms with Crippen molar-refractivity contribution >= 4 is 27.4 Å². The van der Waals surface area contributed by atoms with Crippen molar-refractivity contribution in [3.05, 3.63) is 29.3 Å². The van der Waals surface area contributed by atoms with Crippen LogP contribution >= 0.6 is 11.3 Å². The molecule has 0 atom stereocenters. The van der Waals surface area contributed by atoms with Gasteiger partial charge in [-0.15, -0.1) is 11.3 Å². The topological polar surface area (TPSA) is 67.6 Å². The fraction of sp³-hybridized carbons (Fsp3) is 0.231. The van der Waals surface area contributed by atoms with Crippen LogP contribution in [0.4, 0.5) is 5.82 Å². The quantitative estimate of drug-likeness (QED) is 0.740. The van der Waals surface area contributed by atoms with Gasteiger partial charge in [0.2, 0.25) is 0 Å². The van der Waals surface area contributed by atoms with Crippen molar-refractivity contribution in [1.82, 2.24) is 15.2 Å². The molecular formula is C13H14N4S. The van der Waals surface area contributed by atoms with E-state index < -0.39 is 0 Å². The predicted molar refractivity (Wildman–Crippen MR) is 75.7 cm³/mol. The van der Waals surface area contributed by atoms with Gasteiger partial charge < -0.3 is 5.73 Å². The number of fused-ring (bicyclic) bond motifs is 1. The number of para-hydroxylation sites is 1. The maximum Gasteiger partial charge on any atom is 0.145 e. The Labute approximate surface area is 109 Å². The summed E-state index contributed by atoms with van der Waals surface area (Å²) in [6.07, 6.45) is 0. The van der Waals surface area contributed by atoms with E-state index in [4.69, 9.17) is 10.7 Å². The van der Waals surface area contributed by atoms with E-state index in [-0.39, 0.29) is 0 Å². The zero-order valence-corrected chi connectivity index (χ0v) is 11.1. The van der Waals surface area contributed by atoms with E-state index >= 15 is 0 Å². The summed E-state index contributed by atoms with van der Waals surface area (Å²) in [4.78, 5) is 4.73. The third kappa shape index (κ3) is 1.76. The van der Waals surface area contributed by atoms with Gasteiger partial charge in [0.25, 0.3) is 0 Å². The van der Waals surface area contributed by atoms with Gasteiger partial charge in [-0.3, -0.25) is 5.10 Å². The average Bonchev–Trinajstić information content (AvgIpc) is 2.94. The monoisotopic (exact) mass is 258 g/mol. The number of thiazole rings is 1. The number of anilines is 1. The Morgan fingerprint density at radius 1 is 1.33 bits per heavy atom. The summed E-state index contributed by atoms with van der Waals surface area (Å²) in [5, 5.41) is 8.07. The zero-order chi connectivity index (χ0) is 12.7. The number of aromatic nitrogens is 3. The fourth-order valence-electron chi connectivity index (χ4n) is 1.91. The summed E-state index contributed by atoms with van der Waals surface area (Å²) in [7, 11) is 0. The highest BCUT2D eigenvalue weighted by Gasteiger charge is 2.12. The smallest absolute Gasteiger partial charge is 0.145 e. The Balaban J connectivity index is 2.23. The normalized spacial score (nSPS) is 11.5. The molecular weight excluding hydrogens is 244 g/mol. The molecule has 4 nitrogen and oxygen atoms in total. The molecule has 0 radical (unpaired) electrons. The number of nitrogen functional groups attached to an aromatic ring is 1. The van der Waals surface area contributed by atoms with Gasteiger partial charge in [-0.25, -0.2) is 4.98 Å². The number of nitrogens with two attached hydrogens (primary N) is 1. The molecule has 2 heterocycles. The highest BCUT2D eigenvalue weighted by molar-refractivity contribution is 7.18. The molecule has 0 aliphatic rings. The number of H-pyrrole nitrogens is 1. The summed E-state index contributed by atoms with van der Waals surface area (Å²) >= 11 is 1.74. The molecule has 0 spiro atoms. The largest absolute Gasteiger partial charge is 0.382 e. The van der Waals surface area contributed by atoms with Crippen LogP contribution in [0.15, 0.2) is 24.3 Å². The molecule has 0 saturated heterocycles. The number of rotatable bonds is 2. The van der Waals surface area contributed by atoms with E-state index in [0.717, 1.165) is 21.8 Å².